The maximum Gasteiger partial charge on any atom is 0.261 e. The van der Waals surface area contributed by atoms with Crippen LogP contribution in [-0.2, 0) is 14.8 Å². The summed E-state index contributed by atoms with van der Waals surface area (Å²) in [6.07, 6.45) is 1.96. The summed E-state index contributed by atoms with van der Waals surface area (Å²) in [5, 5.41) is 2.57. The van der Waals surface area contributed by atoms with Gasteiger partial charge in [0.15, 0.2) is 0 Å². The Bertz CT molecular complexity index is 954. The highest BCUT2D eigenvalue weighted by Crippen LogP contribution is 2.17. The molecule has 2 aromatic carbocycles. The average Bonchev–Trinajstić information content (AvgIpc) is 3.21. The Morgan fingerprint density at radius 2 is 1.57 bits per heavy atom. The molecule has 0 bridgehead atoms. The van der Waals surface area contributed by atoms with Crippen LogP contribution in [0.1, 0.15) is 23.2 Å². The van der Waals surface area contributed by atoms with Crippen molar-refractivity contribution in [3.8, 4) is 0 Å². The zero-order chi connectivity index (χ0) is 20.1. The molecule has 0 aromatic heterocycles. The maximum absolute atomic E-state index is 12.9. The third kappa shape index (κ3) is 4.86. The molecule has 1 fully saturated rings. The average molecular weight is 405 g/mol. The summed E-state index contributed by atoms with van der Waals surface area (Å²) in [7, 11) is -3.86. The van der Waals surface area contributed by atoms with E-state index in [2.05, 4.69) is 10.0 Å². The van der Waals surface area contributed by atoms with E-state index in [-0.39, 0.29) is 23.0 Å². The van der Waals surface area contributed by atoms with Crippen LogP contribution < -0.4 is 10.0 Å². The summed E-state index contributed by atoms with van der Waals surface area (Å²) in [5.74, 6) is -1.06. The number of likely N-dealkylation sites (tertiary alicyclic amines) is 1. The van der Waals surface area contributed by atoms with Crippen molar-refractivity contribution in [2.75, 3.05) is 24.4 Å². The maximum atomic E-state index is 12.9. The predicted octanol–water partition coefficient (Wildman–Crippen LogP) is 1.98. The van der Waals surface area contributed by atoms with Gasteiger partial charge in [-0.15, -0.1) is 0 Å². The van der Waals surface area contributed by atoms with Crippen molar-refractivity contribution in [2.24, 2.45) is 0 Å². The highest BCUT2D eigenvalue weighted by atomic mass is 32.2. The first-order valence-electron chi connectivity index (χ1n) is 8.79. The number of halogens is 1. The number of nitrogens with zero attached hydrogens (tertiary/aromatic N) is 1. The van der Waals surface area contributed by atoms with Crippen molar-refractivity contribution in [3.63, 3.8) is 0 Å². The Labute approximate surface area is 162 Å². The zero-order valence-corrected chi connectivity index (χ0v) is 15.8. The van der Waals surface area contributed by atoms with Crippen molar-refractivity contribution in [1.29, 1.82) is 0 Å². The second-order valence-electron chi connectivity index (χ2n) is 6.41. The van der Waals surface area contributed by atoms with Crippen LogP contribution in [0.4, 0.5) is 10.1 Å². The standard InChI is InChI=1S/C19H20FN3O4S/c20-15-5-9-17(10-6-15)28(26,27)22-16-7-3-14(4-8-16)19(25)21-13-18(24)23-11-1-2-12-23/h3-10,22H,1-2,11-13H2,(H,21,25). The predicted molar refractivity (Wildman–Crippen MR) is 102 cm³/mol. The van der Waals surface area contributed by atoms with Crippen LogP contribution in [0.3, 0.4) is 0 Å². The van der Waals surface area contributed by atoms with Crippen LogP contribution in [0.15, 0.2) is 53.4 Å². The van der Waals surface area contributed by atoms with Gasteiger partial charge in [-0.25, -0.2) is 12.8 Å². The van der Waals surface area contributed by atoms with Gasteiger partial charge in [-0.3, -0.25) is 14.3 Å². The van der Waals surface area contributed by atoms with Gasteiger partial charge in [-0.1, -0.05) is 0 Å². The van der Waals surface area contributed by atoms with Gasteiger partial charge >= 0.3 is 0 Å². The molecule has 1 saturated heterocycles. The van der Waals surface area contributed by atoms with E-state index in [0.29, 0.717) is 5.56 Å². The molecule has 2 aromatic rings. The molecule has 0 spiro atoms. The lowest BCUT2D eigenvalue weighted by molar-refractivity contribution is -0.129. The summed E-state index contributed by atoms with van der Waals surface area (Å²) in [6, 6.07) is 10.2. The number of amides is 2. The van der Waals surface area contributed by atoms with Crippen molar-refractivity contribution in [3.05, 3.63) is 59.9 Å². The number of carbonyl (C=O) groups excluding carboxylic acids is 2. The zero-order valence-electron chi connectivity index (χ0n) is 15.0. The summed E-state index contributed by atoms with van der Waals surface area (Å²) in [5.41, 5.74) is 0.563. The van der Waals surface area contributed by atoms with Gasteiger partial charge in [0.1, 0.15) is 5.82 Å². The summed E-state index contributed by atoms with van der Waals surface area (Å²) in [6.45, 7) is 1.37. The molecular weight excluding hydrogens is 385 g/mol. The Morgan fingerprint density at radius 1 is 0.964 bits per heavy atom. The van der Waals surface area contributed by atoms with E-state index in [0.717, 1.165) is 50.2 Å². The Hall–Kier alpha value is -2.94. The quantitative estimate of drug-likeness (QED) is 0.768. The van der Waals surface area contributed by atoms with E-state index in [1.54, 1.807) is 4.90 Å². The fourth-order valence-electron chi connectivity index (χ4n) is 2.85. The SMILES string of the molecule is O=C(NCC(=O)N1CCCC1)c1ccc(NS(=O)(=O)c2ccc(F)cc2)cc1. The lowest BCUT2D eigenvalue weighted by atomic mass is 10.2. The normalized spacial score (nSPS) is 14.0. The van der Waals surface area contributed by atoms with Crippen LogP contribution in [0, 0.1) is 5.82 Å². The molecule has 0 saturated carbocycles. The Morgan fingerprint density at radius 3 is 2.18 bits per heavy atom. The van der Waals surface area contributed by atoms with E-state index in [1.807, 2.05) is 0 Å². The number of anilines is 1. The fourth-order valence-corrected chi connectivity index (χ4v) is 3.91. The molecule has 2 N–H and O–H groups in total. The van der Waals surface area contributed by atoms with Crippen LogP contribution in [0.25, 0.3) is 0 Å². The molecule has 7 nitrogen and oxygen atoms in total. The lowest BCUT2D eigenvalue weighted by Crippen LogP contribution is -2.38. The van der Waals surface area contributed by atoms with Crippen LogP contribution in [0.5, 0.6) is 0 Å². The lowest BCUT2D eigenvalue weighted by Gasteiger charge is -2.15. The molecule has 0 radical (unpaired) electrons. The smallest absolute Gasteiger partial charge is 0.261 e. The first-order valence-corrected chi connectivity index (χ1v) is 10.3. The molecule has 9 heteroatoms. The number of benzene rings is 2. The van der Waals surface area contributed by atoms with Gasteiger partial charge in [-0.2, -0.15) is 0 Å². The van der Waals surface area contributed by atoms with Gasteiger partial charge in [0.25, 0.3) is 15.9 Å². The third-order valence-corrected chi connectivity index (χ3v) is 5.78. The number of hydrogen-bond donors (Lipinski definition) is 2. The van der Waals surface area contributed by atoms with Gasteiger partial charge in [0.2, 0.25) is 5.91 Å². The number of hydrogen-bond acceptors (Lipinski definition) is 4. The minimum Gasteiger partial charge on any atom is -0.343 e. The summed E-state index contributed by atoms with van der Waals surface area (Å²) >= 11 is 0. The fraction of sp³-hybridized carbons (Fsp3) is 0.263. The molecule has 0 atom stereocenters. The molecular formula is C19H20FN3O4S. The van der Waals surface area contributed by atoms with E-state index >= 15 is 0 Å². The van der Waals surface area contributed by atoms with Gasteiger partial charge in [0.05, 0.1) is 11.4 Å². The third-order valence-electron chi connectivity index (χ3n) is 4.38. The molecule has 2 amide bonds. The summed E-state index contributed by atoms with van der Waals surface area (Å²) < 4.78 is 39.9. The number of nitrogens with one attached hydrogen (secondary N) is 2. The van der Waals surface area contributed by atoms with E-state index < -0.39 is 21.7 Å². The van der Waals surface area contributed by atoms with Crippen molar-refractivity contribution in [2.45, 2.75) is 17.7 Å². The molecule has 3 rings (SSSR count). The Balaban J connectivity index is 1.58. The monoisotopic (exact) mass is 405 g/mol. The molecule has 148 valence electrons. The van der Waals surface area contributed by atoms with Crippen molar-refractivity contribution < 1.29 is 22.4 Å². The highest BCUT2D eigenvalue weighted by Gasteiger charge is 2.19. The first kappa shape index (κ1) is 19.8. The van der Waals surface area contributed by atoms with E-state index in [1.165, 1.54) is 24.3 Å². The second kappa shape index (κ2) is 8.39. The van der Waals surface area contributed by atoms with Gasteiger partial charge in [-0.05, 0) is 61.4 Å². The number of sulfonamides is 1. The topological polar surface area (TPSA) is 95.6 Å². The molecule has 28 heavy (non-hydrogen) atoms. The second-order valence-corrected chi connectivity index (χ2v) is 8.09. The van der Waals surface area contributed by atoms with Crippen molar-refractivity contribution in [1.82, 2.24) is 10.2 Å². The van der Waals surface area contributed by atoms with Crippen LogP contribution >= 0.6 is 0 Å². The molecule has 0 aliphatic carbocycles. The molecule has 1 heterocycles. The minimum absolute atomic E-state index is 0.0716. The molecule has 1 aliphatic heterocycles. The van der Waals surface area contributed by atoms with E-state index in [9.17, 15) is 22.4 Å². The first-order chi connectivity index (χ1) is 13.3. The van der Waals surface area contributed by atoms with Crippen LogP contribution in [-0.4, -0.2) is 44.8 Å². The summed E-state index contributed by atoms with van der Waals surface area (Å²) in [4.78, 5) is 25.8. The molecule has 1 aliphatic rings. The van der Waals surface area contributed by atoms with E-state index in [4.69, 9.17) is 0 Å². The van der Waals surface area contributed by atoms with Gasteiger partial charge < -0.3 is 10.2 Å². The van der Waals surface area contributed by atoms with Crippen molar-refractivity contribution >= 4 is 27.5 Å². The van der Waals surface area contributed by atoms with Gasteiger partial charge in [0, 0.05) is 24.3 Å². The minimum atomic E-state index is -3.86. The Kier molecular flexibility index (Phi) is 5.93. The number of carbonyl (C=O) groups is 2. The largest absolute Gasteiger partial charge is 0.343 e. The van der Waals surface area contributed by atoms with Crippen LogP contribution in [0.2, 0.25) is 0 Å². The number of rotatable bonds is 6. The highest BCUT2D eigenvalue weighted by molar-refractivity contribution is 7.92. The molecule has 0 unspecified atom stereocenters.